The van der Waals surface area contributed by atoms with Crippen molar-refractivity contribution in [3.8, 4) is 0 Å². The van der Waals surface area contributed by atoms with Gasteiger partial charge in [0.2, 0.25) is 0 Å². The van der Waals surface area contributed by atoms with Crippen molar-refractivity contribution in [3.63, 3.8) is 0 Å². The maximum absolute atomic E-state index is 12.5. The highest BCUT2D eigenvalue weighted by atomic mass is 32.1. The van der Waals surface area contributed by atoms with E-state index in [0.717, 1.165) is 18.6 Å². The second kappa shape index (κ2) is 10.7. The van der Waals surface area contributed by atoms with E-state index in [-0.39, 0.29) is 17.5 Å². The van der Waals surface area contributed by atoms with E-state index in [9.17, 15) is 9.90 Å². The van der Waals surface area contributed by atoms with Gasteiger partial charge >= 0.3 is 0 Å². The molecule has 3 N–H and O–H groups in total. The number of thiol groups is 1. The average Bonchev–Trinajstić information content (AvgIpc) is 2.53. The van der Waals surface area contributed by atoms with Gasteiger partial charge in [-0.2, -0.15) is 12.6 Å². The smallest absolute Gasteiger partial charge is 0.168 e. The molecule has 132 valence electrons. The van der Waals surface area contributed by atoms with Gasteiger partial charge in [-0.25, -0.2) is 0 Å². The van der Waals surface area contributed by atoms with E-state index in [1.54, 1.807) is 0 Å². The van der Waals surface area contributed by atoms with E-state index in [1.807, 2.05) is 6.92 Å². The van der Waals surface area contributed by atoms with Gasteiger partial charge in [0.1, 0.15) is 12.4 Å². The Hall–Kier alpha value is -1.01. The van der Waals surface area contributed by atoms with Gasteiger partial charge in [0, 0.05) is 12.8 Å². The Balaban J connectivity index is 2.90. The molecule has 0 amide bonds. The van der Waals surface area contributed by atoms with Crippen molar-refractivity contribution in [2.75, 3.05) is 18.9 Å². The van der Waals surface area contributed by atoms with Gasteiger partial charge in [-0.05, 0) is 50.3 Å². The SMILES string of the molecule is CCON=C(CCCN)C1=C(O)CC(CC(CC)CS)CC1=O. The van der Waals surface area contributed by atoms with Gasteiger partial charge in [-0.15, -0.1) is 0 Å². The van der Waals surface area contributed by atoms with Crippen molar-refractivity contribution in [2.45, 2.75) is 52.4 Å². The normalized spacial score (nSPS) is 20.8. The number of nitrogens with zero attached hydrogens (tertiary/aromatic N) is 1. The molecule has 2 atom stereocenters. The molecular weight excluding hydrogens is 312 g/mol. The lowest BCUT2D eigenvalue weighted by Gasteiger charge is -2.26. The number of nitrogens with two attached hydrogens (primary N) is 1. The van der Waals surface area contributed by atoms with Crippen LogP contribution in [-0.2, 0) is 9.63 Å². The fourth-order valence-corrected chi connectivity index (χ4v) is 3.34. The maximum atomic E-state index is 12.5. The molecule has 0 aromatic heterocycles. The molecule has 0 aromatic rings. The third-order valence-electron chi connectivity index (χ3n) is 4.24. The first-order valence-corrected chi connectivity index (χ1v) is 9.15. The zero-order valence-corrected chi connectivity index (χ0v) is 15.1. The minimum absolute atomic E-state index is 0.0387. The zero-order valence-electron chi connectivity index (χ0n) is 14.3. The Bertz CT molecular complexity index is 445. The third kappa shape index (κ3) is 6.18. The second-order valence-electron chi connectivity index (χ2n) is 6.06. The topological polar surface area (TPSA) is 84.9 Å². The lowest BCUT2D eigenvalue weighted by atomic mass is 9.80. The molecule has 0 spiro atoms. The Labute approximate surface area is 144 Å². The number of oxime groups is 1. The first-order valence-electron chi connectivity index (χ1n) is 8.52. The number of Topliss-reactive ketones (excluding diaryl/α,β-unsaturated/α-hetero) is 1. The number of carbonyl (C=O) groups excluding carboxylic acids is 1. The molecule has 0 saturated heterocycles. The molecule has 0 fully saturated rings. The molecule has 0 saturated carbocycles. The number of allylic oxidation sites excluding steroid dienone is 2. The summed E-state index contributed by atoms with van der Waals surface area (Å²) in [5, 5.41) is 14.4. The van der Waals surface area contributed by atoms with E-state index in [4.69, 9.17) is 10.6 Å². The number of aliphatic hydroxyl groups is 1. The van der Waals surface area contributed by atoms with Crippen LogP contribution in [0.3, 0.4) is 0 Å². The zero-order chi connectivity index (χ0) is 17.2. The molecule has 2 unspecified atom stereocenters. The van der Waals surface area contributed by atoms with Crippen LogP contribution in [0.5, 0.6) is 0 Å². The van der Waals surface area contributed by atoms with Crippen LogP contribution in [0.4, 0.5) is 0 Å². The summed E-state index contributed by atoms with van der Waals surface area (Å²) in [6.45, 7) is 4.90. The highest BCUT2D eigenvalue weighted by Crippen LogP contribution is 2.32. The van der Waals surface area contributed by atoms with Gasteiger partial charge < -0.3 is 15.7 Å². The molecule has 6 heteroatoms. The molecular formula is C17H30N2O3S. The van der Waals surface area contributed by atoms with Crippen LogP contribution in [-0.4, -0.2) is 35.5 Å². The molecule has 0 radical (unpaired) electrons. The van der Waals surface area contributed by atoms with Crippen LogP contribution in [0.1, 0.15) is 52.4 Å². The van der Waals surface area contributed by atoms with E-state index in [1.165, 1.54) is 0 Å². The van der Waals surface area contributed by atoms with Crippen LogP contribution < -0.4 is 5.73 Å². The standard InChI is InChI=1S/C17H30N2O3S/c1-3-12(11-23)8-13-9-15(20)17(16(21)10-13)14(6-5-7-18)19-22-4-2/h12-13,20,23H,3-11,18H2,1-2H3. The predicted molar refractivity (Wildman–Crippen MR) is 97.0 cm³/mol. The molecule has 1 aliphatic carbocycles. The summed E-state index contributed by atoms with van der Waals surface area (Å²) in [7, 11) is 0. The van der Waals surface area contributed by atoms with Crippen molar-refractivity contribution in [3.05, 3.63) is 11.3 Å². The third-order valence-corrected chi connectivity index (χ3v) is 4.75. The monoisotopic (exact) mass is 342 g/mol. The summed E-state index contributed by atoms with van der Waals surface area (Å²) < 4.78 is 0. The van der Waals surface area contributed by atoms with Crippen molar-refractivity contribution in [1.29, 1.82) is 0 Å². The molecule has 23 heavy (non-hydrogen) atoms. The maximum Gasteiger partial charge on any atom is 0.168 e. The van der Waals surface area contributed by atoms with E-state index in [2.05, 4.69) is 24.7 Å². The largest absolute Gasteiger partial charge is 0.511 e. The van der Waals surface area contributed by atoms with Crippen molar-refractivity contribution < 1.29 is 14.7 Å². The number of hydrogen-bond donors (Lipinski definition) is 3. The highest BCUT2D eigenvalue weighted by Gasteiger charge is 2.31. The van der Waals surface area contributed by atoms with Crippen molar-refractivity contribution >= 4 is 24.1 Å². The first kappa shape index (κ1) is 20.0. The van der Waals surface area contributed by atoms with Gasteiger partial charge in [0.25, 0.3) is 0 Å². The number of aliphatic hydroxyl groups excluding tert-OH is 1. The Morgan fingerprint density at radius 3 is 2.74 bits per heavy atom. The molecule has 5 nitrogen and oxygen atoms in total. The Kier molecular flexibility index (Phi) is 9.33. The fraction of sp³-hybridized carbons (Fsp3) is 0.765. The van der Waals surface area contributed by atoms with Gasteiger partial charge in [-0.3, -0.25) is 4.79 Å². The minimum atomic E-state index is -0.0387. The van der Waals surface area contributed by atoms with Crippen LogP contribution in [0.2, 0.25) is 0 Å². The summed E-state index contributed by atoms with van der Waals surface area (Å²) in [4.78, 5) is 17.6. The predicted octanol–water partition coefficient (Wildman–Crippen LogP) is 3.26. The quantitative estimate of drug-likeness (QED) is 0.323. The Morgan fingerprint density at radius 2 is 2.22 bits per heavy atom. The molecule has 0 heterocycles. The van der Waals surface area contributed by atoms with Crippen LogP contribution in [0.15, 0.2) is 16.5 Å². The van der Waals surface area contributed by atoms with Gasteiger partial charge in [0.05, 0.1) is 11.3 Å². The average molecular weight is 343 g/mol. The van der Waals surface area contributed by atoms with Crippen LogP contribution in [0, 0.1) is 11.8 Å². The lowest BCUT2D eigenvalue weighted by Crippen LogP contribution is -2.26. The van der Waals surface area contributed by atoms with Crippen LogP contribution >= 0.6 is 12.6 Å². The van der Waals surface area contributed by atoms with Crippen LogP contribution in [0.25, 0.3) is 0 Å². The summed E-state index contributed by atoms with van der Waals surface area (Å²) in [5.41, 5.74) is 6.42. The summed E-state index contributed by atoms with van der Waals surface area (Å²) in [5.74, 6) is 1.59. The van der Waals surface area contributed by atoms with Crippen molar-refractivity contribution in [1.82, 2.24) is 0 Å². The number of ketones is 1. The second-order valence-corrected chi connectivity index (χ2v) is 6.42. The minimum Gasteiger partial charge on any atom is -0.511 e. The summed E-state index contributed by atoms with van der Waals surface area (Å²) in [6, 6.07) is 0. The van der Waals surface area contributed by atoms with E-state index in [0.29, 0.717) is 56.0 Å². The fourth-order valence-electron chi connectivity index (χ4n) is 2.94. The van der Waals surface area contributed by atoms with E-state index < -0.39 is 0 Å². The van der Waals surface area contributed by atoms with Gasteiger partial charge in [0.15, 0.2) is 5.78 Å². The number of hydrogen-bond acceptors (Lipinski definition) is 6. The molecule has 0 bridgehead atoms. The van der Waals surface area contributed by atoms with Gasteiger partial charge in [-0.1, -0.05) is 18.5 Å². The molecule has 1 rings (SSSR count). The first-order chi connectivity index (χ1) is 11.1. The summed E-state index contributed by atoms with van der Waals surface area (Å²) >= 11 is 4.36. The molecule has 0 aliphatic heterocycles. The summed E-state index contributed by atoms with van der Waals surface area (Å²) in [6.07, 6.45) is 4.19. The Morgan fingerprint density at radius 1 is 1.48 bits per heavy atom. The number of carbonyl (C=O) groups is 1. The molecule has 1 aliphatic rings. The van der Waals surface area contributed by atoms with E-state index >= 15 is 0 Å². The molecule has 0 aromatic carbocycles. The van der Waals surface area contributed by atoms with Crippen molar-refractivity contribution in [2.24, 2.45) is 22.7 Å². The lowest BCUT2D eigenvalue weighted by molar-refractivity contribution is -0.117. The highest BCUT2D eigenvalue weighted by molar-refractivity contribution is 7.80. The number of rotatable bonds is 10.